The van der Waals surface area contributed by atoms with E-state index in [0.29, 0.717) is 18.9 Å². The summed E-state index contributed by atoms with van der Waals surface area (Å²) in [5, 5.41) is 9.92. The van der Waals surface area contributed by atoms with E-state index in [4.69, 9.17) is 15.2 Å². The smallest absolute Gasteiger partial charge is 0.119 e. The van der Waals surface area contributed by atoms with Crippen LogP contribution in [0.15, 0.2) is 54.6 Å². The predicted octanol–water partition coefficient (Wildman–Crippen LogP) is 2.40. The van der Waals surface area contributed by atoms with Crippen molar-refractivity contribution in [3.63, 3.8) is 0 Å². The molecular formula is C16H19NO3. The molecule has 1 atom stereocenters. The zero-order valence-corrected chi connectivity index (χ0v) is 11.2. The van der Waals surface area contributed by atoms with Crippen molar-refractivity contribution < 1.29 is 14.6 Å². The van der Waals surface area contributed by atoms with Crippen molar-refractivity contribution in [2.24, 2.45) is 0 Å². The van der Waals surface area contributed by atoms with Gasteiger partial charge in [0.2, 0.25) is 0 Å². The van der Waals surface area contributed by atoms with Crippen molar-refractivity contribution in [3.8, 4) is 5.75 Å². The molecule has 4 heteroatoms. The van der Waals surface area contributed by atoms with Crippen LogP contribution in [0, 0.1) is 0 Å². The molecule has 0 aromatic heterocycles. The van der Waals surface area contributed by atoms with Crippen molar-refractivity contribution in [1.82, 2.24) is 0 Å². The number of hydrogen-bond acceptors (Lipinski definition) is 4. The lowest BCUT2D eigenvalue weighted by Crippen LogP contribution is -2.12. The number of nitrogens with two attached hydrogens (primary N) is 1. The molecule has 0 radical (unpaired) electrons. The summed E-state index contributed by atoms with van der Waals surface area (Å²) >= 11 is 0. The molecular weight excluding hydrogens is 254 g/mol. The van der Waals surface area contributed by atoms with Crippen LogP contribution in [0.4, 0.5) is 5.69 Å². The number of aliphatic hydroxyl groups excluding tert-OH is 1. The average Bonchev–Trinajstić information content (AvgIpc) is 2.48. The molecule has 0 saturated heterocycles. The third kappa shape index (κ3) is 4.57. The fraction of sp³-hybridized carbons (Fsp3) is 0.250. The molecule has 4 nitrogen and oxygen atoms in total. The van der Waals surface area contributed by atoms with Crippen LogP contribution >= 0.6 is 0 Å². The number of nitrogen functional groups attached to an aromatic ring is 1. The lowest BCUT2D eigenvalue weighted by Gasteiger charge is -2.12. The molecule has 2 aromatic carbocycles. The maximum Gasteiger partial charge on any atom is 0.119 e. The van der Waals surface area contributed by atoms with E-state index < -0.39 is 6.10 Å². The second kappa shape index (κ2) is 7.53. The molecule has 0 aliphatic heterocycles. The largest absolute Gasteiger partial charge is 0.491 e. The summed E-state index contributed by atoms with van der Waals surface area (Å²) in [5.41, 5.74) is 7.07. The summed E-state index contributed by atoms with van der Waals surface area (Å²) in [7, 11) is 0. The average molecular weight is 273 g/mol. The quantitative estimate of drug-likeness (QED) is 0.600. The fourth-order valence-corrected chi connectivity index (χ4v) is 1.74. The summed E-state index contributed by atoms with van der Waals surface area (Å²) in [6.07, 6.45) is -0.646. The lowest BCUT2D eigenvalue weighted by atomic mass is 10.1. The van der Waals surface area contributed by atoms with Gasteiger partial charge in [0, 0.05) is 5.69 Å². The molecule has 2 rings (SSSR count). The van der Waals surface area contributed by atoms with E-state index >= 15 is 0 Å². The number of para-hydroxylation sites is 1. The molecule has 1 unspecified atom stereocenters. The maximum absolute atomic E-state index is 9.92. The Bertz CT molecular complexity index is 499. The molecule has 2 aromatic rings. The predicted molar refractivity (Wildman–Crippen MR) is 78.6 cm³/mol. The highest BCUT2D eigenvalue weighted by molar-refractivity contribution is 5.39. The maximum atomic E-state index is 9.92. The zero-order valence-electron chi connectivity index (χ0n) is 11.2. The van der Waals surface area contributed by atoms with Gasteiger partial charge in [0.05, 0.1) is 13.2 Å². The van der Waals surface area contributed by atoms with Crippen LogP contribution in [-0.4, -0.2) is 24.9 Å². The molecule has 0 heterocycles. The third-order valence-electron chi connectivity index (χ3n) is 2.84. The number of benzene rings is 2. The number of anilines is 1. The van der Waals surface area contributed by atoms with Crippen LogP contribution < -0.4 is 10.5 Å². The van der Waals surface area contributed by atoms with Gasteiger partial charge >= 0.3 is 0 Å². The molecule has 0 saturated carbocycles. The Labute approximate surface area is 118 Å². The van der Waals surface area contributed by atoms with Gasteiger partial charge in [-0.05, 0) is 29.8 Å². The Morgan fingerprint density at radius 1 is 0.950 bits per heavy atom. The zero-order chi connectivity index (χ0) is 14.2. The fourth-order valence-electron chi connectivity index (χ4n) is 1.74. The number of aliphatic hydroxyl groups is 1. The standard InChI is InChI=1S/C16H19NO3/c17-14-8-6-13(7-9-14)16(18)12-19-10-11-20-15-4-2-1-3-5-15/h1-9,16,18H,10-12,17H2. The van der Waals surface area contributed by atoms with E-state index in [1.54, 1.807) is 24.3 Å². The van der Waals surface area contributed by atoms with Crippen molar-refractivity contribution in [3.05, 3.63) is 60.2 Å². The minimum Gasteiger partial charge on any atom is -0.491 e. The monoisotopic (exact) mass is 273 g/mol. The van der Waals surface area contributed by atoms with E-state index in [2.05, 4.69) is 0 Å². The van der Waals surface area contributed by atoms with Gasteiger partial charge in [0.1, 0.15) is 18.5 Å². The van der Waals surface area contributed by atoms with Crippen molar-refractivity contribution in [2.45, 2.75) is 6.10 Å². The molecule has 106 valence electrons. The van der Waals surface area contributed by atoms with Gasteiger partial charge < -0.3 is 20.3 Å². The van der Waals surface area contributed by atoms with Gasteiger partial charge in [-0.2, -0.15) is 0 Å². The number of hydrogen-bond donors (Lipinski definition) is 2. The minimum absolute atomic E-state index is 0.238. The van der Waals surface area contributed by atoms with Crippen molar-refractivity contribution >= 4 is 5.69 Å². The Morgan fingerprint density at radius 2 is 1.65 bits per heavy atom. The van der Waals surface area contributed by atoms with Crippen molar-refractivity contribution in [2.75, 3.05) is 25.6 Å². The number of ether oxygens (including phenoxy) is 2. The summed E-state index contributed by atoms with van der Waals surface area (Å²) in [4.78, 5) is 0. The molecule has 3 N–H and O–H groups in total. The topological polar surface area (TPSA) is 64.7 Å². The first kappa shape index (κ1) is 14.4. The Kier molecular flexibility index (Phi) is 5.41. The SMILES string of the molecule is Nc1ccc(C(O)COCCOc2ccccc2)cc1. The molecule has 0 aliphatic rings. The minimum atomic E-state index is -0.646. The molecule has 0 fully saturated rings. The summed E-state index contributed by atoms with van der Waals surface area (Å²) < 4.78 is 10.9. The third-order valence-corrected chi connectivity index (χ3v) is 2.84. The van der Waals surface area contributed by atoms with Gasteiger partial charge in [-0.1, -0.05) is 30.3 Å². The molecule has 0 spiro atoms. The van der Waals surface area contributed by atoms with Crippen LogP contribution in [0.2, 0.25) is 0 Å². The highest BCUT2D eigenvalue weighted by Gasteiger charge is 2.07. The van der Waals surface area contributed by atoms with Gasteiger partial charge in [-0.3, -0.25) is 0 Å². The van der Waals surface area contributed by atoms with Crippen LogP contribution in [0.25, 0.3) is 0 Å². The second-order valence-corrected chi connectivity index (χ2v) is 4.42. The van der Waals surface area contributed by atoms with Crippen molar-refractivity contribution in [1.29, 1.82) is 0 Å². The Hall–Kier alpha value is -2.04. The van der Waals surface area contributed by atoms with Gasteiger partial charge in [-0.25, -0.2) is 0 Å². The molecule has 0 bridgehead atoms. The highest BCUT2D eigenvalue weighted by Crippen LogP contribution is 2.15. The van der Waals surface area contributed by atoms with Crippen LogP contribution in [-0.2, 0) is 4.74 Å². The highest BCUT2D eigenvalue weighted by atomic mass is 16.5. The van der Waals surface area contributed by atoms with Gasteiger partial charge in [0.25, 0.3) is 0 Å². The van der Waals surface area contributed by atoms with E-state index in [9.17, 15) is 5.11 Å². The normalized spacial score (nSPS) is 12.1. The van der Waals surface area contributed by atoms with E-state index in [1.165, 1.54) is 0 Å². The van der Waals surface area contributed by atoms with Crippen LogP contribution in [0.1, 0.15) is 11.7 Å². The second-order valence-electron chi connectivity index (χ2n) is 4.42. The Morgan fingerprint density at radius 3 is 2.35 bits per heavy atom. The molecule has 0 aliphatic carbocycles. The first-order valence-corrected chi connectivity index (χ1v) is 6.55. The summed E-state index contributed by atoms with van der Waals surface area (Å²) in [5.74, 6) is 0.815. The molecule has 20 heavy (non-hydrogen) atoms. The number of rotatable bonds is 7. The summed E-state index contributed by atoms with van der Waals surface area (Å²) in [6, 6.07) is 16.7. The lowest BCUT2D eigenvalue weighted by molar-refractivity contribution is 0.0240. The van der Waals surface area contributed by atoms with Gasteiger partial charge in [0.15, 0.2) is 0 Å². The Balaban J connectivity index is 1.64. The van der Waals surface area contributed by atoms with E-state index in [0.717, 1.165) is 11.3 Å². The van der Waals surface area contributed by atoms with E-state index in [-0.39, 0.29) is 6.61 Å². The van der Waals surface area contributed by atoms with E-state index in [1.807, 2.05) is 30.3 Å². The molecule has 0 amide bonds. The summed E-state index contributed by atoms with van der Waals surface area (Å²) in [6.45, 7) is 1.13. The first-order valence-electron chi connectivity index (χ1n) is 6.55. The van der Waals surface area contributed by atoms with Crippen LogP contribution in [0.3, 0.4) is 0 Å². The first-order chi connectivity index (χ1) is 9.75. The van der Waals surface area contributed by atoms with Crippen LogP contribution in [0.5, 0.6) is 5.75 Å². The van der Waals surface area contributed by atoms with Gasteiger partial charge in [-0.15, -0.1) is 0 Å².